The lowest BCUT2D eigenvalue weighted by Crippen LogP contribution is -2.31. The molecule has 8 heteroatoms. The van der Waals surface area contributed by atoms with Gasteiger partial charge in [0.05, 0.1) is 12.8 Å². The molecular formula is C10H11BrN2O5. The summed E-state index contributed by atoms with van der Waals surface area (Å²) in [6.45, 7) is 2.29. The van der Waals surface area contributed by atoms with Crippen LogP contribution in [0.2, 0.25) is 0 Å². The third kappa shape index (κ3) is 2.15. The molecule has 0 saturated heterocycles. The van der Waals surface area contributed by atoms with Crippen molar-refractivity contribution in [2.45, 2.75) is 19.2 Å². The van der Waals surface area contributed by atoms with E-state index in [-0.39, 0.29) is 16.7 Å². The van der Waals surface area contributed by atoms with E-state index in [0.717, 1.165) is 18.6 Å². The molecule has 0 spiro atoms. The van der Waals surface area contributed by atoms with Gasteiger partial charge in [0.25, 0.3) is 0 Å². The van der Waals surface area contributed by atoms with E-state index in [2.05, 4.69) is 20.7 Å². The quantitative estimate of drug-likeness (QED) is 0.590. The lowest BCUT2D eigenvalue weighted by Gasteiger charge is -2.03. The van der Waals surface area contributed by atoms with Crippen LogP contribution in [0.5, 0.6) is 0 Å². The number of ether oxygens (including phenoxy) is 1. The van der Waals surface area contributed by atoms with Crippen molar-refractivity contribution in [2.24, 2.45) is 0 Å². The molecule has 1 rings (SSSR count). The van der Waals surface area contributed by atoms with Gasteiger partial charge >= 0.3 is 11.7 Å². The van der Waals surface area contributed by atoms with E-state index >= 15 is 0 Å². The highest BCUT2D eigenvalue weighted by molar-refractivity contribution is 9.08. The third-order valence-electron chi connectivity index (χ3n) is 2.28. The molecule has 0 aliphatic heterocycles. The van der Waals surface area contributed by atoms with Gasteiger partial charge in [-0.2, -0.15) is 0 Å². The maximum atomic E-state index is 11.9. The first kappa shape index (κ1) is 14.4. The Hall–Kier alpha value is -1.70. The molecule has 0 aliphatic rings. The summed E-state index contributed by atoms with van der Waals surface area (Å²) in [6.07, 6.45) is 0. The summed E-state index contributed by atoms with van der Waals surface area (Å²) < 4.78 is 5.92. The van der Waals surface area contributed by atoms with E-state index in [0.29, 0.717) is 4.57 Å². The number of methoxy groups -OCH3 is 1. The van der Waals surface area contributed by atoms with Gasteiger partial charge in [-0.25, -0.2) is 18.7 Å². The van der Waals surface area contributed by atoms with Crippen LogP contribution in [0, 0.1) is 0 Å². The Morgan fingerprint density at radius 1 is 1.17 bits per heavy atom. The zero-order valence-corrected chi connectivity index (χ0v) is 11.6. The number of hydrogen-bond acceptors (Lipinski definition) is 5. The molecule has 0 aromatic carbocycles. The van der Waals surface area contributed by atoms with E-state index in [1.54, 1.807) is 0 Å². The average Bonchev–Trinajstić information content (AvgIpc) is 2.60. The molecule has 7 nitrogen and oxygen atoms in total. The van der Waals surface area contributed by atoms with Crippen LogP contribution in [-0.4, -0.2) is 34.0 Å². The van der Waals surface area contributed by atoms with Gasteiger partial charge in [0, 0.05) is 19.2 Å². The fourth-order valence-electron chi connectivity index (χ4n) is 1.59. The lowest BCUT2D eigenvalue weighted by atomic mass is 10.3. The van der Waals surface area contributed by atoms with E-state index in [4.69, 9.17) is 0 Å². The predicted molar refractivity (Wildman–Crippen MR) is 65.3 cm³/mol. The van der Waals surface area contributed by atoms with Crippen LogP contribution in [0.1, 0.15) is 39.6 Å². The van der Waals surface area contributed by atoms with Crippen LogP contribution in [0.25, 0.3) is 0 Å². The van der Waals surface area contributed by atoms with Crippen LogP contribution in [0.3, 0.4) is 0 Å². The molecule has 98 valence electrons. The molecule has 0 atom stereocenters. The number of carbonyl (C=O) groups excluding carboxylic acids is 3. The lowest BCUT2D eigenvalue weighted by molar-refractivity contribution is 0.0580. The Morgan fingerprint density at radius 2 is 1.67 bits per heavy atom. The SMILES string of the molecule is COC(=O)c1c(CBr)n(C(C)=O)c(=O)n1C(C)=O. The zero-order chi connectivity index (χ0) is 14.0. The van der Waals surface area contributed by atoms with Gasteiger partial charge in [-0.15, -0.1) is 0 Å². The first-order valence-electron chi connectivity index (χ1n) is 4.89. The molecule has 0 aliphatic carbocycles. The predicted octanol–water partition coefficient (Wildman–Crippen LogP) is 0.652. The number of carbonyl (C=O) groups is 3. The summed E-state index contributed by atoms with van der Waals surface area (Å²) in [6, 6.07) is 0. The molecular weight excluding hydrogens is 308 g/mol. The second-order valence-corrected chi connectivity index (χ2v) is 3.97. The molecule has 0 bridgehead atoms. The molecule has 0 unspecified atom stereocenters. The molecule has 1 aromatic heterocycles. The average molecular weight is 319 g/mol. The number of esters is 1. The van der Waals surface area contributed by atoms with E-state index in [9.17, 15) is 19.2 Å². The standard InChI is InChI=1S/C10H11BrN2O5/c1-5(14)12-7(4-11)8(9(16)18-3)13(6(2)15)10(12)17/h4H2,1-3H3. The molecule has 18 heavy (non-hydrogen) atoms. The zero-order valence-electron chi connectivity index (χ0n) is 10.0. The second-order valence-electron chi connectivity index (χ2n) is 3.41. The Bertz CT molecular complexity index is 584. The Morgan fingerprint density at radius 3 is 2.00 bits per heavy atom. The molecule has 1 heterocycles. The maximum absolute atomic E-state index is 11.9. The fraction of sp³-hybridized carbons (Fsp3) is 0.400. The highest BCUT2D eigenvalue weighted by atomic mass is 79.9. The molecule has 0 radical (unpaired) electrons. The van der Waals surface area contributed by atoms with E-state index in [1.807, 2.05) is 0 Å². The van der Waals surface area contributed by atoms with Crippen LogP contribution in [0.15, 0.2) is 4.79 Å². The second kappa shape index (κ2) is 5.30. The van der Waals surface area contributed by atoms with Gasteiger partial charge in [-0.05, 0) is 0 Å². The number of imidazole rings is 1. The van der Waals surface area contributed by atoms with Gasteiger partial charge in [-0.1, -0.05) is 15.9 Å². The van der Waals surface area contributed by atoms with Crippen LogP contribution in [0.4, 0.5) is 0 Å². The van der Waals surface area contributed by atoms with Gasteiger partial charge < -0.3 is 4.74 Å². The normalized spacial score (nSPS) is 10.2. The minimum Gasteiger partial charge on any atom is -0.464 e. The van der Waals surface area contributed by atoms with Crippen molar-refractivity contribution in [3.8, 4) is 0 Å². The highest BCUT2D eigenvalue weighted by Gasteiger charge is 2.28. The maximum Gasteiger partial charge on any atom is 0.357 e. The Labute approximate surface area is 110 Å². The summed E-state index contributed by atoms with van der Waals surface area (Å²) in [5.41, 5.74) is -1.01. The van der Waals surface area contributed by atoms with Crippen molar-refractivity contribution < 1.29 is 19.1 Å². The molecule has 0 saturated carbocycles. The van der Waals surface area contributed by atoms with Crippen molar-refractivity contribution in [1.29, 1.82) is 0 Å². The number of halogens is 1. The summed E-state index contributed by atoms with van der Waals surface area (Å²) in [4.78, 5) is 46.4. The molecule has 0 fully saturated rings. The number of nitrogens with zero attached hydrogens (tertiary/aromatic N) is 2. The smallest absolute Gasteiger partial charge is 0.357 e. The van der Waals surface area contributed by atoms with Crippen molar-refractivity contribution in [1.82, 2.24) is 9.13 Å². The first-order chi connectivity index (χ1) is 8.36. The van der Waals surface area contributed by atoms with Crippen molar-refractivity contribution in [3.05, 3.63) is 21.9 Å². The fourth-order valence-corrected chi connectivity index (χ4v) is 2.11. The minimum absolute atomic E-state index is 0.0620. The summed E-state index contributed by atoms with van der Waals surface area (Å²) in [5.74, 6) is -2.10. The monoisotopic (exact) mass is 318 g/mol. The van der Waals surface area contributed by atoms with Crippen LogP contribution in [-0.2, 0) is 10.1 Å². The highest BCUT2D eigenvalue weighted by Crippen LogP contribution is 2.13. The van der Waals surface area contributed by atoms with Crippen LogP contribution >= 0.6 is 15.9 Å². The van der Waals surface area contributed by atoms with Crippen LogP contribution < -0.4 is 5.69 Å². The Balaban J connectivity index is 3.82. The number of aromatic nitrogens is 2. The Kier molecular flexibility index (Phi) is 4.23. The van der Waals surface area contributed by atoms with Gasteiger partial charge in [0.1, 0.15) is 0 Å². The summed E-state index contributed by atoms with van der Waals surface area (Å²) >= 11 is 3.08. The number of hydrogen-bond donors (Lipinski definition) is 0. The van der Waals surface area contributed by atoms with Crippen molar-refractivity contribution >= 4 is 33.7 Å². The molecule has 0 N–H and O–H groups in total. The van der Waals surface area contributed by atoms with Crippen molar-refractivity contribution in [2.75, 3.05) is 7.11 Å². The van der Waals surface area contributed by atoms with E-state index < -0.39 is 23.5 Å². The number of rotatable bonds is 2. The van der Waals surface area contributed by atoms with Gasteiger partial charge in [-0.3, -0.25) is 9.59 Å². The topological polar surface area (TPSA) is 87.4 Å². The third-order valence-corrected chi connectivity index (χ3v) is 2.82. The molecule has 0 amide bonds. The number of alkyl halides is 1. The minimum atomic E-state index is -0.871. The van der Waals surface area contributed by atoms with Crippen molar-refractivity contribution in [3.63, 3.8) is 0 Å². The first-order valence-corrected chi connectivity index (χ1v) is 6.01. The summed E-state index contributed by atoms with van der Waals surface area (Å²) in [7, 11) is 1.13. The largest absolute Gasteiger partial charge is 0.464 e. The molecule has 1 aromatic rings. The summed E-state index contributed by atoms with van der Waals surface area (Å²) in [5, 5.41) is 0.0620. The van der Waals surface area contributed by atoms with Gasteiger partial charge in [0.15, 0.2) is 5.69 Å². The van der Waals surface area contributed by atoms with Gasteiger partial charge in [0.2, 0.25) is 11.8 Å². The van der Waals surface area contributed by atoms with E-state index in [1.165, 1.54) is 6.92 Å².